The first-order valence-electron chi connectivity index (χ1n) is 8.68. The second-order valence-corrected chi connectivity index (χ2v) is 12.5. The molecule has 0 bridgehead atoms. The molecule has 1 rings (SSSR count). The number of hydrogen-bond donors (Lipinski definition) is 1. The fraction of sp³-hybridized carbons (Fsp3) is 0.632. The molecule has 0 aliphatic rings. The summed E-state index contributed by atoms with van der Waals surface area (Å²) in [5.41, 5.74) is 0.511. The molecule has 1 aromatic rings. The molecule has 1 atom stereocenters. The van der Waals surface area contributed by atoms with E-state index in [1.807, 2.05) is 6.07 Å². The third-order valence-electron chi connectivity index (χ3n) is 4.68. The molecule has 1 N–H and O–H groups in total. The van der Waals surface area contributed by atoms with Crippen LogP contribution in [0.25, 0.3) is 0 Å². The summed E-state index contributed by atoms with van der Waals surface area (Å²) in [5, 5.41) is 9.63. The minimum atomic E-state index is -1.70. The lowest BCUT2D eigenvalue weighted by atomic mass is 10.1. The van der Waals surface area contributed by atoms with Gasteiger partial charge in [-0.15, -0.1) is 0 Å². The van der Waals surface area contributed by atoms with Crippen LogP contribution < -0.4 is 0 Å². The van der Waals surface area contributed by atoms with Gasteiger partial charge in [0.25, 0.3) is 0 Å². The van der Waals surface area contributed by atoms with Crippen LogP contribution >= 0.6 is 0 Å². The van der Waals surface area contributed by atoms with Gasteiger partial charge in [-0.2, -0.15) is 0 Å². The average Bonchev–Trinajstić information content (AvgIpc) is 2.52. The molecule has 0 saturated heterocycles. The van der Waals surface area contributed by atoms with Crippen LogP contribution in [0.3, 0.4) is 0 Å². The van der Waals surface area contributed by atoms with Crippen molar-refractivity contribution in [2.75, 3.05) is 13.2 Å². The number of ether oxygens (including phenoxy) is 1. The van der Waals surface area contributed by atoms with E-state index in [1.54, 1.807) is 24.3 Å². The molecule has 0 aliphatic heterocycles. The molecule has 0 aromatic heterocycles. The van der Waals surface area contributed by atoms with Gasteiger partial charge in [-0.05, 0) is 49.5 Å². The lowest BCUT2D eigenvalue weighted by molar-refractivity contribution is 0.0105. The third-order valence-corrected chi connectivity index (χ3v) is 9.21. The van der Waals surface area contributed by atoms with Crippen molar-refractivity contribution in [3.8, 4) is 0 Å². The normalized spacial score (nSPS) is 13.6. The van der Waals surface area contributed by atoms with Gasteiger partial charge in [-0.1, -0.05) is 39.0 Å². The van der Waals surface area contributed by atoms with Crippen LogP contribution in [-0.2, 0) is 9.16 Å². The van der Waals surface area contributed by atoms with Gasteiger partial charge in [-0.25, -0.2) is 4.79 Å². The van der Waals surface area contributed by atoms with E-state index in [0.29, 0.717) is 12.0 Å². The molecule has 1 aromatic carbocycles. The highest BCUT2D eigenvalue weighted by molar-refractivity contribution is 6.74. The van der Waals surface area contributed by atoms with Crippen molar-refractivity contribution in [2.45, 2.75) is 64.3 Å². The van der Waals surface area contributed by atoms with Gasteiger partial charge >= 0.3 is 5.97 Å². The minimum Gasteiger partial charge on any atom is -0.456 e. The van der Waals surface area contributed by atoms with Gasteiger partial charge in [0.05, 0.1) is 12.2 Å². The molecular weight excluding hydrogens is 320 g/mol. The van der Waals surface area contributed by atoms with Gasteiger partial charge in [0, 0.05) is 6.61 Å². The first kappa shape index (κ1) is 20.9. The number of carbonyl (C=O) groups is 1. The number of hydrogen-bond acceptors (Lipinski definition) is 4. The standard InChI is InChI=1S/C19H32O4Si/c1-19(2,3)24(4,5)22-14-10-9-13-17(15-20)23-18(21)16-11-7-6-8-12-16/h6-8,11-12,17,20H,9-10,13-15H2,1-5H3/t17-/m0/s1. The van der Waals surface area contributed by atoms with Crippen molar-refractivity contribution in [1.82, 2.24) is 0 Å². The van der Waals surface area contributed by atoms with Gasteiger partial charge in [0.15, 0.2) is 8.32 Å². The van der Waals surface area contributed by atoms with E-state index in [1.165, 1.54) is 0 Å². The smallest absolute Gasteiger partial charge is 0.338 e. The van der Waals surface area contributed by atoms with Crippen LogP contribution in [0.15, 0.2) is 30.3 Å². The Bertz CT molecular complexity index is 494. The van der Waals surface area contributed by atoms with E-state index in [0.717, 1.165) is 19.4 Å². The van der Waals surface area contributed by atoms with Gasteiger partial charge in [0.1, 0.15) is 6.10 Å². The maximum Gasteiger partial charge on any atom is 0.338 e. The molecule has 0 unspecified atom stereocenters. The number of rotatable bonds is 9. The fourth-order valence-electron chi connectivity index (χ4n) is 2.00. The predicted molar refractivity (Wildman–Crippen MR) is 99.7 cm³/mol. The zero-order chi connectivity index (χ0) is 18.2. The molecule has 5 heteroatoms. The number of esters is 1. The zero-order valence-corrected chi connectivity index (χ0v) is 16.7. The third kappa shape index (κ3) is 6.75. The van der Waals surface area contributed by atoms with E-state index in [2.05, 4.69) is 33.9 Å². The molecule has 4 nitrogen and oxygen atoms in total. The summed E-state index contributed by atoms with van der Waals surface area (Å²) in [6.45, 7) is 11.7. The highest BCUT2D eigenvalue weighted by Gasteiger charge is 2.36. The van der Waals surface area contributed by atoms with E-state index >= 15 is 0 Å². The Balaban J connectivity index is 2.31. The summed E-state index contributed by atoms with van der Waals surface area (Å²) in [5.74, 6) is -0.382. The minimum absolute atomic E-state index is 0.151. The molecular formula is C19H32O4Si. The number of aliphatic hydroxyl groups excluding tert-OH is 1. The van der Waals surface area contributed by atoms with Crippen molar-refractivity contribution in [1.29, 1.82) is 0 Å². The Morgan fingerprint density at radius 1 is 1.17 bits per heavy atom. The molecule has 0 fully saturated rings. The molecule has 0 radical (unpaired) electrons. The van der Waals surface area contributed by atoms with E-state index in [9.17, 15) is 9.90 Å². The maximum absolute atomic E-state index is 12.0. The molecule has 0 amide bonds. The van der Waals surface area contributed by atoms with Crippen molar-refractivity contribution in [3.63, 3.8) is 0 Å². The van der Waals surface area contributed by atoms with E-state index in [-0.39, 0.29) is 17.6 Å². The molecule has 0 heterocycles. The Morgan fingerprint density at radius 2 is 1.79 bits per heavy atom. The van der Waals surface area contributed by atoms with Crippen molar-refractivity contribution in [3.05, 3.63) is 35.9 Å². The monoisotopic (exact) mass is 352 g/mol. The van der Waals surface area contributed by atoms with Crippen molar-refractivity contribution >= 4 is 14.3 Å². The summed E-state index contributed by atoms with van der Waals surface area (Å²) in [4.78, 5) is 12.0. The first-order chi connectivity index (χ1) is 11.2. The average molecular weight is 353 g/mol. The SMILES string of the molecule is CC(C)(C)[Si](C)(C)OCCCC[C@@H](CO)OC(=O)c1ccccc1. The van der Waals surface area contributed by atoms with Crippen LogP contribution in [0.1, 0.15) is 50.4 Å². The molecule has 136 valence electrons. The second-order valence-electron chi connectivity index (χ2n) is 7.68. The Hall–Kier alpha value is -1.17. The predicted octanol–water partition coefficient (Wildman–Crippen LogP) is 4.40. The van der Waals surface area contributed by atoms with Crippen LogP contribution in [0.5, 0.6) is 0 Å². The molecule has 0 saturated carbocycles. The van der Waals surface area contributed by atoms with Crippen LogP contribution in [0.2, 0.25) is 18.1 Å². The summed E-state index contributed by atoms with van der Waals surface area (Å²) in [7, 11) is -1.70. The largest absolute Gasteiger partial charge is 0.456 e. The number of aliphatic hydroxyl groups is 1. The highest BCUT2D eigenvalue weighted by Crippen LogP contribution is 2.36. The highest BCUT2D eigenvalue weighted by atomic mass is 28.4. The van der Waals surface area contributed by atoms with Crippen molar-refractivity contribution in [2.24, 2.45) is 0 Å². The van der Waals surface area contributed by atoms with Crippen LogP contribution in [0, 0.1) is 0 Å². The van der Waals surface area contributed by atoms with Gasteiger partial charge in [-0.3, -0.25) is 0 Å². The molecule has 0 spiro atoms. The molecule has 24 heavy (non-hydrogen) atoms. The van der Waals surface area contributed by atoms with Gasteiger partial charge in [0.2, 0.25) is 0 Å². The number of benzene rings is 1. The summed E-state index contributed by atoms with van der Waals surface area (Å²) in [6, 6.07) is 8.86. The van der Waals surface area contributed by atoms with Crippen LogP contribution in [0.4, 0.5) is 0 Å². The number of unbranched alkanes of at least 4 members (excludes halogenated alkanes) is 1. The lowest BCUT2D eigenvalue weighted by Gasteiger charge is -2.36. The Morgan fingerprint density at radius 3 is 2.33 bits per heavy atom. The van der Waals surface area contributed by atoms with E-state index in [4.69, 9.17) is 9.16 Å². The molecule has 0 aliphatic carbocycles. The maximum atomic E-state index is 12.0. The fourth-order valence-corrected chi connectivity index (χ4v) is 3.09. The lowest BCUT2D eigenvalue weighted by Crippen LogP contribution is -2.41. The van der Waals surface area contributed by atoms with Crippen LogP contribution in [-0.4, -0.2) is 38.7 Å². The quantitative estimate of drug-likeness (QED) is 0.407. The summed E-state index contributed by atoms with van der Waals surface area (Å²) in [6.07, 6.45) is 1.97. The van der Waals surface area contributed by atoms with Crippen molar-refractivity contribution < 1.29 is 19.1 Å². The number of carbonyl (C=O) groups excluding carboxylic acids is 1. The zero-order valence-electron chi connectivity index (χ0n) is 15.7. The first-order valence-corrected chi connectivity index (χ1v) is 11.6. The second kappa shape index (κ2) is 9.35. The Labute approximate surface area is 147 Å². The topological polar surface area (TPSA) is 55.8 Å². The Kier molecular flexibility index (Phi) is 8.13. The van der Waals surface area contributed by atoms with E-state index < -0.39 is 14.4 Å². The summed E-state index contributed by atoms with van der Waals surface area (Å²) >= 11 is 0. The summed E-state index contributed by atoms with van der Waals surface area (Å²) < 4.78 is 11.5. The van der Waals surface area contributed by atoms with Gasteiger partial charge < -0.3 is 14.3 Å².